The predicted molar refractivity (Wildman–Crippen MR) is 70.2 cm³/mol. The molecule has 0 saturated heterocycles. The van der Waals surface area contributed by atoms with Gasteiger partial charge in [0, 0.05) is 0 Å². The van der Waals surface area contributed by atoms with Crippen LogP contribution in [0.4, 0.5) is 0 Å². The molecule has 0 bridgehead atoms. The van der Waals surface area contributed by atoms with Crippen LogP contribution >= 0.6 is 15.9 Å². The highest BCUT2D eigenvalue weighted by Gasteiger charge is 2.48. The molecule has 0 heterocycles. The lowest BCUT2D eigenvalue weighted by Gasteiger charge is -2.36. The number of hydrogen-bond donors (Lipinski definition) is 0. The Labute approximate surface area is 101 Å². The molecule has 0 fully saturated rings. The number of rotatable bonds is 0. The molecule has 1 aromatic rings. The standard InChI is InChI=1S/C14H17Br/c1-13(2)11-8-6-5-7-10(11)12(9-15)14(13,3)4/h5-9H,1-4H3/b12-9-. The average Bonchev–Trinajstić information content (AvgIpc) is 2.32. The van der Waals surface area contributed by atoms with Crippen molar-refractivity contribution < 1.29 is 0 Å². The molecule has 1 aliphatic rings. The normalized spacial score (nSPS) is 24.2. The number of hydrogen-bond acceptors (Lipinski definition) is 0. The monoisotopic (exact) mass is 264 g/mol. The van der Waals surface area contributed by atoms with E-state index in [4.69, 9.17) is 0 Å². The summed E-state index contributed by atoms with van der Waals surface area (Å²) in [6, 6.07) is 8.72. The van der Waals surface area contributed by atoms with E-state index in [1.54, 1.807) is 0 Å². The molecule has 0 radical (unpaired) electrons. The zero-order valence-electron chi connectivity index (χ0n) is 9.76. The Kier molecular flexibility index (Phi) is 2.34. The maximum Gasteiger partial charge on any atom is -0.0000619 e. The second-order valence-electron chi connectivity index (χ2n) is 5.32. The highest BCUT2D eigenvalue weighted by molar-refractivity contribution is 9.11. The first-order valence-corrected chi connectivity index (χ1v) is 6.25. The van der Waals surface area contributed by atoms with Gasteiger partial charge in [-0.25, -0.2) is 0 Å². The third-order valence-corrected chi connectivity index (χ3v) is 4.69. The largest absolute Gasteiger partial charge is 0.0619 e. The Morgan fingerprint density at radius 1 is 1.00 bits per heavy atom. The van der Waals surface area contributed by atoms with Crippen LogP contribution in [0.5, 0.6) is 0 Å². The predicted octanol–water partition coefficient (Wildman–Crippen LogP) is 4.74. The van der Waals surface area contributed by atoms with Crippen LogP contribution in [0.2, 0.25) is 0 Å². The zero-order valence-corrected chi connectivity index (χ0v) is 11.4. The molecule has 1 aliphatic carbocycles. The van der Waals surface area contributed by atoms with E-state index >= 15 is 0 Å². The van der Waals surface area contributed by atoms with Crippen molar-refractivity contribution in [3.63, 3.8) is 0 Å². The van der Waals surface area contributed by atoms with Gasteiger partial charge in [-0.3, -0.25) is 0 Å². The summed E-state index contributed by atoms with van der Waals surface area (Å²) in [6.45, 7) is 9.30. The van der Waals surface area contributed by atoms with E-state index in [9.17, 15) is 0 Å². The summed E-state index contributed by atoms with van der Waals surface area (Å²) in [7, 11) is 0. The summed E-state index contributed by atoms with van der Waals surface area (Å²) < 4.78 is 0. The van der Waals surface area contributed by atoms with Crippen LogP contribution in [-0.2, 0) is 5.41 Å². The maximum absolute atomic E-state index is 3.51. The summed E-state index contributed by atoms with van der Waals surface area (Å²) in [5.74, 6) is 0. The van der Waals surface area contributed by atoms with E-state index < -0.39 is 0 Å². The van der Waals surface area contributed by atoms with E-state index in [2.05, 4.69) is 72.9 Å². The van der Waals surface area contributed by atoms with Gasteiger partial charge in [0.25, 0.3) is 0 Å². The molecule has 15 heavy (non-hydrogen) atoms. The van der Waals surface area contributed by atoms with Gasteiger partial charge in [0.15, 0.2) is 0 Å². The molecule has 80 valence electrons. The van der Waals surface area contributed by atoms with Crippen LogP contribution in [0.3, 0.4) is 0 Å². The molecule has 0 spiro atoms. The fraction of sp³-hybridized carbons (Fsp3) is 0.429. The third-order valence-electron chi connectivity index (χ3n) is 4.24. The molecule has 1 aromatic carbocycles. The number of allylic oxidation sites excluding steroid dienone is 1. The van der Waals surface area contributed by atoms with E-state index in [1.165, 1.54) is 16.7 Å². The second kappa shape index (κ2) is 3.21. The van der Waals surface area contributed by atoms with Crippen LogP contribution in [0.1, 0.15) is 38.8 Å². The quantitative estimate of drug-likeness (QED) is 0.635. The van der Waals surface area contributed by atoms with E-state index in [1.807, 2.05) is 0 Å². The van der Waals surface area contributed by atoms with Crippen molar-refractivity contribution in [1.82, 2.24) is 0 Å². The molecule has 0 atom stereocenters. The van der Waals surface area contributed by atoms with Crippen LogP contribution in [-0.4, -0.2) is 0 Å². The Morgan fingerprint density at radius 3 is 2.20 bits per heavy atom. The fourth-order valence-electron chi connectivity index (χ4n) is 2.47. The summed E-state index contributed by atoms with van der Waals surface area (Å²) in [6.07, 6.45) is 0. The van der Waals surface area contributed by atoms with Crippen LogP contribution in [0.25, 0.3) is 5.57 Å². The van der Waals surface area contributed by atoms with Gasteiger partial charge in [0.05, 0.1) is 0 Å². The van der Waals surface area contributed by atoms with Gasteiger partial charge in [-0.15, -0.1) is 0 Å². The summed E-state index contributed by atoms with van der Waals surface area (Å²) in [4.78, 5) is 2.08. The van der Waals surface area contributed by atoms with Crippen molar-refractivity contribution in [1.29, 1.82) is 0 Å². The maximum atomic E-state index is 3.51. The van der Waals surface area contributed by atoms with Gasteiger partial charge in [0.1, 0.15) is 0 Å². The average molecular weight is 265 g/mol. The first-order valence-electron chi connectivity index (χ1n) is 5.33. The van der Waals surface area contributed by atoms with Gasteiger partial charge >= 0.3 is 0 Å². The lowest BCUT2D eigenvalue weighted by Crippen LogP contribution is -2.31. The van der Waals surface area contributed by atoms with Gasteiger partial charge in [0.2, 0.25) is 0 Å². The van der Waals surface area contributed by atoms with Crippen molar-refractivity contribution in [2.24, 2.45) is 5.41 Å². The molecular weight excluding hydrogens is 248 g/mol. The van der Waals surface area contributed by atoms with Gasteiger partial charge in [-0.05, 0) is 32.5 Å². The molecule has 0 aliphatic heterocycles. The highest BCUT2D eigenvalue weighted by Crippen LogP contribution is 2.58. The van der Waals surface area contributed by atoms with Crippen molar-refractivity contribution in [3.8, 4) is 0 Å². The van der Waals surface area contributed by atoms with Crippen molar-refractivity contribution in [3.05, 3.63) is 40.4 Å². The molecule has 0 nitrogen and oxygen atoms in total. The number of benzene rings is 1. The van der Waals surface area contributed by atoms with Gasteiger partial charge in [-0.2, -0.15) is 0 Å². The Bertz CT molecular complexity index is 425. The van der Waals surface area contributed by atoms with Crippen molar-refractivity contribution >= 4 is 21.5 Å². The van der Waals surface area contributed by atoms with Crippen LogP contribution in [0.15, 0.2) is 29.3 Å². The van der Waals surface area contributed by atoms with E-state index in [0.717, 1.165) is 0 Å². The van der Waals surface area contributed by atoms with Crippen LogP contribution in [0, 0.1) is 5.41 Å². The minimum Gasteiger partial charge on any atom is -0.0619 e. The van der Waals surface area contributed by atoms with Crippen molar-refractivity contribution in [2.75, 3.05) is 0 Å². The molecule has 0 aromatic heterocycles. The minimum atomic E-state index is 0.181. The molecule has 2 rings (SSSR count). The third kappa shape index (κ3) is 1.25. The lowest BCUT2D eigenvalue weighted by molar-refractivity contribution is 0.300. The number of halogens is 1. The van der Waals surface area contributed by atoms with Crippen molar-refractivity contribution in [2.45, 2.75) is 33.1 Å². The van der Waals surface area contributed by atoms with E-state index in [0.29, 0.717) is 0 Å². The number of fused-ring (bicyclic) bond motifs is 1. The minimum absolute atomic E-state index is 0.181. The first-order chi connectivity index (χ1) is 6.93. The summed E-state index contributed by atoms with van der Waals surface area (Å²) in [5, 5.41) is 0. The van der Waals surface area contributed by atoms with E-state index in [-0.39, 0.29) is 10.8 Å². The van der Waals surface area contributed by atoms with Gasteiger partial charge < -0.3 is 0 Å². The molecule has 1 heteroatoms. The fourth-order valence-corrected chi connectivity index (χ4v) is 3.29. The molecular formula is C14H17Br. The zero-order chi connectivity index (χ0) is 11.3. The van der Waals surface area contributed by atoms with Crippen LogP contribution < -0.4 is 0 Å². The Morgan fingerprint density at radius 2 is 1.60 bits per heavy atom. The molecule has 0 amide bonds. The smallest absolute Gasteiger partial charge is 0.0000619 e. The summed E-state index contributed by atoms with van der Waals surface area (Å²) in [5.41, 5.74) is 4.64. The lowest BCUT2D eigenvalue weighted by atomic mass is 9.67. The first kappa shape index (κ1) is 10.9. The second-order valence-corrected chi connectivity index (χ2v) is 5.78. The molecule has 0 unspecified atom stereocenters. The van der Waals surface area contributed by atoms with Gasteiger partial charge in [-0.1, -0.05) is 67.9 Å². The highest BCUT2D eigenvalue weighted by atomic mass is 79.9. The SMILES string of the molecule is CC1(C)/C(=C\Br)c2ccccc2C1(C)C. The Hall–Kier alpha value is -0.560. The molecule has 0 saturated carbocycles. The Balaban J connectivity index is 2.77. The topological polar surface area (TPSA) is 0 Å². The molecule has 0 N–H and O–H groups in total. The summed E-state index contributed by atoms with van der Waals surface area (Å²) >= 11 is 3.51.